The number of Topliss-reactive ketones (excluding diaryl/α,β-unsaturated/α-hetero) is 1. The first-order valence-electron chi connectivity index (χ1n) is 5.71. The lowest BCUT2D eigenvalue weighted by atomic mass is 9.68. The van der Waals surface area contributed by atoms with Gasteiger partial charge in [0.25, 0.3) is 0 Å². The Bertz CT molecular complexity index is 270. The highest BCUT2D eigenvalue weighted by atomic mass is 17.5. The minimum Gasteiger partial charge on any atom is -0.300 e. The second-order valence-electron chi connectivity index (χ2n) is 5.31. The molecule has 0 amide bonds. The van der Waals surface area contributed by atoms with E-state index in [0.717, 1.165) is 44.9 Å². The molecule has 3 aliphatic rings. The van der Waals surface area contributed by atoms with Gasteiger partial charge in [-0.25, -0.2) is 4.89 Å². The first-order valence-corrected chi connectivity index (χ1v) is 5.71. The molecule has 0 aromatic heterocycles. The third kappa shape index (κ3) is 1.61. The van der Waals surface area contributed by atoms with Gasteiger partial charge in [-0.1, -0.05) is 5.04 Å². The van der Waals surface area contributed by atoms with Crippen molar-refractivity contribution in [3.8, 4) is 0 Å². The van der Waals surface area contributed by atoms with E-state index < -0.39 is 0 Å². The monoisotopic (exact) mass is 212 g/mol. The van der Waals surface area contributed by atoms with Gasteiger partial charge in [0.15, 0.2) is 0 Å². The summed E-state index contributed by atoms with van der Waals surface area (Å²) in [5, 5.41) is 4.54. The highest BCUT2D eigenvalue weighted by Crippen LogP contribution is 2.51. The number of ketones is 1. The van der Waals surface area contributed by atoms with Gasteiger partial charge in [0, 0.05) is 12.8 Å². The summed E-state index contributed by atoms with van der Waals surface area (Å²) in [5.41, 5.74) is 0.0746. The molecule has 0 aromatic rings. The lowest BCUT2D eigenvalue weighted by Crippen LogP contribution is -2.40. The molecule has 2 saturated carbocycles. The second-order valence-corrected chi connectivity index (χ2v) is 5.31. The Hall–Kier alpha value is -0.450. The fourth-order valence-electron chi connectivity index (χ4n) is 3.14. The van der Waals surface area contributed by atoms with Crippen LogP contribution in [0.1, 0.15) is 44.9 Å². The molecule has 0 bridgehead atoms. The normalized spacial score (nSPS) is 45.7. The lowest BCUT2D eigenvalue weighted by Gasteiger charge is -2.39. The van der Waals surface area contributed by atoms with Gasteiger partial charge in [-0.2, -0.15) is 4.89 Å². The van der Waals surface area contributed by atoms with Gasteiger partial charge in [0.2, 0.25) is 0 Å². The molecule has 3 fully saturated rings. The molecule has 84 valence electrons. The van der Waals surface area contributed by atoms with Crippen molar-refractivity contribution in [1.29, 1.82) is 0 Å². The Balaban J connectivity index is 1.67. The van der Waals surface area contributed by atoms with E-state index in [1.54, 1.807) is 0 Å². The third-order valence-corrected chi connectivity index (χ3v) is 4.31. The molecule has 0 N–H and O–H groups in total. The zero-order chi connectivity index (χ0) is 10.4. The van der Waals surface area contributed by atoms with Crippen LogP contribution < -0.4 is 0 Å². The van der Waals surface area contributed by atoms with E-state index in [-0.39, 0.29) is 11.0 Å². The van der Waals surface area contributed by atoms with Crippen molar-refractivity contribution < 1.29 is 19.6 Å². The van der Waals surface area contributed by atoms with Gasteiger partial charge in [0.05, 0.1) is 0 Å². The molecule has 15 heavy (non-hydrogen) atoms. The molecule has 0 aromatic carbocycles. The summed E-state index contributed by atoms with van der Waals surface area (Å²) < 4.78 is 0. The summed E-state index contributed by atoms with van der Waals surface area (Å²) in [6, 6.07) is 0. The van der Waals surface area contributed by atoms with Gasteiger partial charge in [-0.15, -0.1) is 0 Å². The van der Waals surface area contributed by atoms with Gasteiger partial charge < -0.3 is 0 Å². The van der Waals surface area contributed by atoms with Crippen molar-refractivity contribution in [3.05, 3.63) is 0 Å². The van der Waals surface area contributed by atoms with Crippen LogP contribution in [-0.2, 0) is 19.6 Å². The maximum atomic E-state index is 11.3. The Morgan fingerprint density at radius 1 is 1.07 bits per heavy atom. The first-order chi connectivity index (χ1) is 7.22. The van der Waals surface area contributed by atoms with Crippen LogP contribution in [0.25, 0.3) is 0 Å². The van der Waals surface area contributed by atoms with E-state index in [1.807, 2.05) is 0 Å². The van der Waals surface area contributed by atoms with Crippen LogP contribution in [0, 0.1) is 5.41 Å². The zero-order valence-corrected chi connectivity index (χ0v) is 8.79. The van der Waals surface area contributed by atoms with Crippen molar-refractivity contribution in [2.24, 2.45) is 5.41 Å². The van der Waals surface area contributed by atoms with E-state index in [1.165, 1.54) is 0 Å². The fraction of sp³-hybridized carbons (Fsp3) is 0.909. The van der Waals surface area contributed by atoms with Gasteiger partial charge in [0.1, 0.15) is 18.0 Å². The largest absolute Gasteiger partial charge is 0.300 e. The summed E-state index contributed by atoms with van der Waals surface area (Å²) in [4.78, 5) is 21.4. The lowest BCUT2D eigenvalue weighted by molar-refractivity contribution is -0.471. The molecule has 2 spiro atoms. The predicted molar refractivity (Wildman–Crippen MR) is 50.6 cm³/mol. The average Bonchev–Trinajstić information content (AvgIpc) is 2.81. The van der Waals surface area contributed by atoms with Crippen molar-refractivity contribution in [1.82, 2.24) is 0 Å². The number of rotatable bonds is 0. The summed E-state index contributed by atoms with van der Waals surface area (Å²) in [6.07, 6.45) is 6.70. The van der Waals surface area contributed by atoms with Crippen molar-refractivity contribution in [2.75, 3.05) is 6.61 Å². The fourth-order valence-corrected chi connectivity index (χ4v) is 3.14. The van der Waals surface area contributed by atoms with Crippen LogP contribution in [0.4, 0.5) is 0 Å². The van der Waals surface area contributed by atoms with E-state index in [2.05, 4.69) is 5.04 Å². The van der Waals surface area contributed by atoms with Gasteiger partial charge >= 0.3 is 0 Å². The third-order valence-electron chi connectivity index (χ3n) is 4.31. The minimum atomic E-state index is -0.211. The molecule has 2 aliphatic carbocycles. The number of carbonyl (C=O) groups is 1. The molecule has 3 rings (SSSR count). The summed E-state index contributed by atoms with van der Waals surface area (Å²) in [7, 11) is 0. The Morgan fingerprint density at radius 2 is 1.87 bits per heavy atom. The van der Waals surface area contributed by atoms with Crippen molar-refractivity contribution in [3.63, 3.8) is 0 Å². The highest BCUT2D eigenvalue weighted by Gasteiger charge is 2.49. The molecule has 4 heteroatoms. The average molecular weight is 212 g/mol. The van der Waals surface area contributed by atoms with Gasteiger partial charge in [-0.3, -0.25) is 4.79 Å². The molecule has 1 heterocycles. The van der Waals surface area contributed by atoms with E-state index in [9.17, 15) is 4.79 Å². The molecule has 1 saturated heterocycles. The molecular weight excluding hydrogens is 196 g/mol. The molecule has 0 unspecified atom stereocenters. The van der Waals surface area contributed by atoms with Crippen molar-refractivity contribution >= 4 is 5.78 Å². The first kappa shape index (κ1) is 9.75. The van der Waals surface area contributed by atoms with Crippen LogP contribution in [0.5, 0.6) is 0 Å². The maximum absolute atomic E-state index is 11.3. The Labute approximate surface area is 88.7 Å². The Morgan fingerprint density at radius 3 is 2.40 bits per heavy atom. The molecule has 0 radical (unpaired) electrons. The smallest absolute Gasteiger partial charge is 0.133 e. The Kier molecular flexibility index (Phi) is 2.13. The number of hydrogen-bond acceptors (Lipinski definition) is 4. The van der Waals surface area contributed by atoms with Crippen LogP contribution in [0.3, 0.4) is 0 Å². The van der Waals surface area contributed by atoms with E-state index in [4.69, 9.17) is 9.78 Å². The SMILES string of the molecule is O=C1CCC2(CCC3(CC2)COOO3)C1. The molecule has 0 atom stereocenters. The van der Waals surface area contributed by atoms with Crippen LogP contribution in [-0.4, -0.2) is 18.0 Å². The zero-order valence-electron chi connectivity index (χ0n) is 8.79. The second kappa shape index (κ2) is 3.27. The maximum Gasteiger partial charge on any atom is 0.133 e. The van der Waals surface area contributed by atoms with Crippen LogP contribution in [0.15, 0.2) is 0 Å². The topological polar surface area (TPSA) is 44.8 Å². The standard InChI is InChI=1S/C11H16O4/c12-9-1-2-10(7-9)3-5-11(6-4-10)8-13-15-14-11/h1-8H2. The summed E-state index contributed by atoms with van der Waals surface area (Å²) in [5.74, 6) is 0.436. The molecule has 4 nitrogen and oxygen atoms in total. The predicted octanol–water partition coefficient (Wildman–Crippen LogP) is 1.93. The number of carbonyl (C=O) groups excluding carboxylic acids is 1. The summed E-state index contributed by atoms with van der Waals surface area (Å²) in [6.45, 7) is 0.539. The van der Waals surface area contributed by atoms with Crippen LogP contribution >= 0.6 is 0 Å². The van der Waals surface area contributed by atoms with Crippen molar-refractivity contribution in [2.45, 2.75) is 50.5 Å². The van der Waals surface area contributed by atoms with Gasteiger partial charge in [-0.05, 0) is 37.5 Å². The highest BCUT2D eigenvalue weighted by molar-refractivity contribution is 5.81. The van der Waals surface area contributed by atoms with Crippen LogP contribution in [0.2, 0.25) is 0 Å². The molecule has 1 aliphatic heterocycles. The summed E-state index contributed by atoms with van der Waals surface area (Å²) >= 11 is 0. The minimum absolute atomic E-state index is 0.211. The van der Waals surface area contributed by atoms with E-state index in [0.29, 0.717) is 12.4 Å². The quantitative estimate of drug-likeness (QED) is 0.575. The number of hydrogen-bond donors (Lipinski definition) is 0. The van der Waals surface area contributed by atoms with E-state index >= 15 is 0 Å². The molecular formula is C11H16O4.